The van der Waals surface area contributed by atoms with Crippen LogP contribution in [0.25, 0.3) is 0 Å². The molecule has 0 atom stereocenters. The van der Waals surface area contributed by atoms with Gasteiger partial charge in [-0.1, -0.05) is 12.1 Å². The zero-order chi connectivity index (χ0) is 33.3. The number of hydrogen-bond donors (Lipinski definition) is 2. The third-order valence-corrected chi connectivity index (χ3v) is 8.04. The standard InChI is InChI=1S/C30H24F6N6OS2/c1-17(14-37)23(29(31,32)33)12-18(2)41-25(40-26(44)39-21-7-6-20(15-38)24(13-21)30(34,35)36)28(10-3-11-28)42(27(41)45)22-8-4-19(16-43)5-9-22/h4-9,12-13,43H,3,10-11,16H2,1-2H3,(H,39,44)/b18-12+,23-17-,40-25?. The van der Waals surface area contributed by atoms with Gasteiger partial charge in [-0.2, -0.15) is 36.9 Å². The highest BCUT2D eigenvalue weighted by molar-refractivity contribution is 7.81. The van der Waals surface area contributed by atoms with Crippen LogP contribution < -0.4 is 10.2 Å². The van der Waals surface area contributed by atoms with Crippen LogP contribution in [0.2, 0.25) is 0 Å². The Balaban J connectivity index is 1.86. The average molecular weight is 663 g/mol. The Kier molecular flexibility index (Phi) is 9.40. The first-order valence-corrected chi connectivity index (χ1v) is 14.1. The first-order valence-electron chi connectivity index (χ1n) is 13.3. The van der Waals surface area contributed by atoms with Gasteiger partial charge in [0.2, 0.25) is 0 Å². The van der Waals surface area contributed by atoms with E-state index in [0.717, 1.165) is 19.1 Å². The van der Waals surface area contributed by atoms with Gasteiger partial charge in [0.05, 0.1) is 35.4 Å². The van der Waals surface area contributed by atoms with Crippen molar-refractivity contribution in [2.75, 3.05) is 10.2 Å². The van der Waals surface area contributed by atoms with Crippen molar-refractivity contribution in [3.05, 3.63) is 82.1 Å². The summed E-state index contributed by atoms with van der Waals surface area (Å²) in [5, 5.41) is 30.2. The van der Waals surface area contributed by atoms with Gasteiger partial charge >= 0.3 is 12.4 Å². The number of hydrogen-bond acceptors (Lipinski definition) is 5. The van der Waals surface area contributed by atoms with E-state index >= 15 is 0 Å². The molecule has 0 unspecified atom stereocenters. The van der Waals surface area contributed by atoms with Gasteiger partial charge in [0.15, 0.2) is 10.2 Å². The molecule has 1 heterocycles. The number of thiocarbonyl (C=S) groups is 2. The van der Waals surface area contributed by atoms with E-state index in [9.17, 15) is 36.7 Å². The van der Waals surface area contributed by atoms with E-state index in [0.29, 0.717) is 36.6 Å². The van der Waals surface area contributed by atoms with Crippen molar-refractivity contribution in [2.24, 2.45) is 4.99 Å². The Bertz CT molecular complexity index is 1710. The predicted octanol–water partition coefficient (Wildman–Crippen LogP) is 7.50. The molecule has 0 aromatic heterocycles. The van der Waals surface area contributed by atoms with Crippen LogP contribution in [0.1, 0.15) is 49.8 Å². The molecule has 2 aromatic carbocycles. The van der Waals surface area contributed by atoms with Crippen LogP contribution in [0.4, 0.5) is 37.7 Å². The number of rotatable bonds is 5. The van der Waals surface area contributed by atoms with E-state index in [1.165, 1.54) is 30.0 Å². The van der Waals surface area contributed by atoms with Gasteiger partial charge in [-0.25, -0.2) is 4.99 Å². The Morgan fingerprint density at radius 1 is 1.09 bits per heavy atom. The van der Waals surface area contributed by atoms with Crippen LogP contribution in [-0.2, 0) is 12.8 Å². The molecule has 2 aliphatic rings. The van der Waals surface area contributed by atoms with Crippen molar-refractivity contribution in [1.29, 1.82) is 10.5 Å². The molecule has 2 fully saturated rings. The summed E-state index contributed by atoms with van der Waals surface area (Å²) >= 11 is 11.2. The molecule has 2 aromatic rings. The first-order chi connectivity index (χ1) is 21.1. The third-order valence-electron chi connectivity index (χ3n) is 7.48. The van der Waals surface area contributed by atoms with Crippen LogP contribution in [-0.4, -0.2) is 37.8 Å². The van der Waals surface area contributed by atoms with Crippen LogP contribution in [0.3, 0.4) is 0 Å². The highest BCUT2D eigenvalue weighted by Gasteiger charge is 2.58. The fourth-order valence-electron chi connectivity index (χ4n) is 5.16. The van der Waals surface area contributed by atoms with Crippen LogP contribution in [0.5, 0.6) is 0 Å². The molecule has 4 rings (SSSR count). The van der Waals surface area contributed by atoms with Crippen LogP contribution in [0.15, 0.2) is 70.4 Å². The summed E-state index contributed by atoms with van der Waals surface area (Å²) < 4.78 is 82.6. The number of aliphatic hydroxyl groups excluding tert-OH is 1. The number of benzene rings is 2. The Morgan fingerprint density at radius 3 is 2.22 bits per heavy atom. The molecule has 45 heavy (non-hydrogen) atoms. The highest BCUT2D eigenvalue weighted by Crippen LogP contribution is 2.48. The van der Waals surface area contributed by atoms with Gasteiger partial charge < -0.3 is 15.3 Å². The number of allylic oxidation sites excluding steroid dienone is 4. The molecule has 0 bridgehead atoms. The van der Waals surface area contributed by atoms with E-state index in [1.54, 1.807) is 29.2 Å². The SMILES string of the molecule is C/C(C#N)=C(\C=C(/C)N1C(=S)N(c2ccc(CO)cc2)C2(CCC2)C1=NC(=S)Nc1ccc(C#N)c(C(F)(F)F)c1)C(F)(F)F. The van der Waals surface area contributed by atoms with Crippen molar-refractivity contribution in [3.8, 4) is 12.1 Å². The number of nitriles is 2. The maximum absolute atomic E-state index is 14.0. The van der Waals surface area contributed by atoms with E-state index in [-0.39, 0.29) is 34.1 Å². The second-order valence-corrected chi connectivity index (χ2v) is 11.1. The molecule has 15 heteroatoms. The summed E-state index contributed by atoms with van der Waals surface area (Å²) in [5.41, 5.74) is -3.44. The summed E-state index contributed by atoms with van der Waals surface area (Å²) in [6, 6.07) is 12.7. The van der Waals surface area contributed by atoms with Crippen molar-refractivity contribution in [2.45, 2.75) is 57.6 Å². The molecule has 234 valence electrons. The quantitative estimate of drug-likeness (QED) is 0.147. The lowest BCUT2D eigenvalue weighted by Gasteiger charge is -2.44. The van der Waals surface area contributed by atoms with Gasteiger partial charge in [0, 0.05) is 22.6 Å². The zero-order valence-corrected chi connectivity index (χ0v) is 25.3. The number of alkyl halides is 6. The second kappa shape index (κ2) is 12.6. The second-order valence-electron chi connectivity index (χ2n) is 10.3. The molecule has 1 spiro atoms. The summed E-state index contributed by atoms with van der Waals surface area (Å²) in [5.74, 6) is 0.150. The lowest BCUT2D eigenvalue weighted by Crippen LogP contribution is -2.55. The normalized spacial score (nSPS) is 18.0. The summed E-state index contributed by atoms with van der Waals surface area (Å²) in [6.07, 6.45) is -7.26. The van der Waals surface area contributed by atoms with E-state index in [4.69, 9.17) is 29.7 Å². The van der Waals surface area contributed by atoms with E-state index in [1.807, 2.05) is 0 Å². The maximum atomic E-state index is 14.0. The molecule has 2 N–H and O–H groups in total. The predicted molar refractivity (Wildman–Crippen MR) is 164 cm³/mol. The fourth-order valence-corrected chi connectivity index (χ4v) is 5.87. The number of halogens is 6. The smallest absolute Gasteiger partial charge is 0.392 e. The summed E-state index contributed by atoms with van der Waals surface area (Å²) in [4.78, 5) is 7.58. The van der Waals surface area contributed by atoms with E-state index < -0.39 is 40.2 Å². The largest absolute Gasteiger partial charge is 0.417 e. The fraction of sp³-hybridized carbons (Fsp3) is 0.300. The number of aliphatic hydroxyl groups is 1. The monoisotopic (exact) mass is 662 g/mol. The molecule has 1 aliphatic heterocycles. The number of aliphatic imine (C=N–C) groups is 1. The molecule has 1 aliphatic carbocycles. The minimum absolute atomic E-state index is 0.0260. The molecular weight excluding hydrogens is 638 g/mol. The zero-order valence-electron chi connectivity index (χ0n) is 23.7. The van der Waals surface area contributed by atoms with Crippen LogP contribution in [0, 0.1) is 22.7 Å². The van der Waals surface area contributed by atoms with Gasteiger partial charge in [-0.05, 0) is 99.5 Å². The van der Waals surface area contributed by atoms with Gasteiger partial charge in [-0.3, -0.25) is 4.90 Å². The van der Waals surface area contributed by atoms with Crippen molar-refractivity contribution >= 4 is 51.9 Å². The average Bonchev–Trinajstić information content (AvgIpc) is 3.22. The minimum atomic E-state index is -4.86. The lowest BCUT2D eigenvalue weighted by atomic mass is 9.74. The summed E-state index contributed by atoms with van der Waals surface area (Å²) in [7, 11) is 0. The number of anilines is 2. The molecule has 1 saturated heterocycles. The molecular formula is C30H24F6N6OS2. The maximum Gasteiger partial charge on any atom is 0.417 e. The Hall–Kier alpha value is -4.31. The minimum Gasteiger partial charge on any atom is -0.392 e. The Morgan fingerprint density at radius 2 is 1.73 bits per heavy atom. The topological polar surface area (TPSA) is 98.7 Å². The van der Waals surface area contributed by atoms with Crippen molar-refractivity contribution in [3.63, 3.8) is 0 Å². The van der Waals surface area contributed by atoms with E-state index in [2.05, 4.69) is 10.3 Å². The van der Waals surface area contributed by atoms with Crippen LogP contribution >= 0.6 is 24.4 Å². The number of nitrogens with zero attached hydrogens (tertiary/aromatic N) is 5. The molecule has 7 nitrogen and oxygen atoms in total. The van der Waals surface area contributed by atoms with Crippen molar-refractivity contribution in [1.82, 2.24) is 4.90 Å². The Labute approximate surface area is 265 Å². The van der Waals surface area contributed by atoms with Crippen molar-refractivity contribution < 1.29 is 31.4 Å². The molecule has 0 amide bonds. The van der Waals surface area contributed by atoms with Gasteiger partial charge in [0.25, 0.3) is 0 Å². The first kappa shape index (κ1) is 33.6. The summed E-state index contributed by atoms with van der Waals surface area (Å²) in [6.45, 7) is 2.19. The lowest BCUT2D eigenvalue weighted by molar-refractivity contribution is -0.137. The highest BCUT2D eigenvalue weighted by atomic mass is 32.1. The van der Waals surface area contributed by atoms with Gasteiger partial charge in [-0.15, -0.1) is 0 Å². The third kappa shape index (κ3) is 6.56. The van der Waals surface area contributed by atoms with Gasteiger partial charge in [0.1, 0.15) is 11.4 Å². The number of amidine groups is 1. The molecule has 0 radical (unpaired) electrons. The molecule has 1 saturated carbocycles. The number of nitrogens with one attached hydrogen (secondary N) is 1.